The van der Waals surface area contributed by atoms with Crippen molar-refractivity contribution in [2.24, 2.45) is 11.8 Å². The van der Waals surface area contributed by atoms with Gasteiger partial charge in [0.15, 0.2) is 0 Å². The number of carbonyl (C=O) groups excluding carboxylic acids is 1. The Balaban J connectivity index is 1.46. The van der Waals surface area contributed by atoms with Crippen LogP contribution in [0.1, 0.15) is 32.1 Å². The number of morpholine rings is 1. The van der Waals surface area contributed by atoms with Crippen LogP contribution in [0.25, 0.3) is 0 Å². The Morgan fingerprint density at radius 1 is 1.11 bits per heavy atom. The van der Waals surface area contributed by atoms with E-state index in [1.54, 1.807) is 0 Å². The van der Waals surface area contributed by atoms with E-state index in [-0.39, 0.29) is 6.04 Å². The lowest BCUT2D eigenvalue weighted by Crippen LogP contribution is -2.52. The Morgan fingerprint density at radius 3 is 2.67 bits per heavy atom. The molecule has 3 saturated heterocycles. The number of rotatable bonds is 1. The molecule has 0 aromatic heterocycles. The highest BCUT2D eigenvalue weighted by atomic mass is 16.5. The third-order valence-electron chi connectivity index (χ3n) is 5.37. The van der Waals surface area contributed by atoms with Crippen LogP contribution in [-0.4, -0.2) is 48.7 Å². The summed E-state index contributed by atoms with van der Waals surface area (Å²) >= 11 is 0. The molecule has 100 valence electrons. The third-order valence-corrected chi connectivity index (χ3v) is 5.37. The third kappa shape index (κ3) is 1.69. The molecule has 0 radical (unpaired) electrons. The number of nitrogens with zero attached hydrogens (tertiary/aromatic N) is 1. The van der Waals surface area contributed by atoms with Crippen molar-refractivity contribution in [3.63, 3.8) is 0 Å². The first-order chi connectivity index (χ1) is 8.81. The van der Waals surface area contributed by atoms with Crippen molar-refractivity contribution in [1.82, 2.24) is 10.2 Å². The number of nitrogens with one attached hydrogen (secondary N) is 1. The molecule has 1 amide bonds. The molecule has 3 heterocycles. The van der Waals surface area contributed by atoms with Gasteiger partial charge in [0.2, 0.25) is 5.91 Å². The van der Waals surface area contributed by atoms with Gasteiger partial charge in [-0.25, -0.2) is 0 Å². The summed E-state index contributed by atoms with van der Waals surface area (Å²) in [5, 5.41) is 3.47. The molecule has 4 fully saturated rings. The summed E-state index contributed by atoms with van der Waals surface area (Å²) in [6, 6.07) is 0.106. The number of carbonyl (C=O) groups is 1. The molecule has 18 heavy (non-hydrogen) atoms. The van der Waals surface area contributed by atoms with E-state index in [0.717, 1.165) is 38.4 Å². The number of fused-ring (bicyclic) bond motifs is 3. The van der Waals surface area contributed by atoms with Crippen molar-refractivity contribution in [3.8, 4) is 0 Å². The summed E-state index contributed by atoms with van der Waals surface area (Å²) in [4.78, 5) is 14.7. The second kappa shape index (κ2) is 4.20. The highest BCUT2D eigenvalue weighted by Gasteiger charge is 2.45. The van der Waals surface area contributed by atoms with Gasteiger partial charge in [0.05, 0.1) is 18.2 Å². The smallest absolute Gasteiger partial charge is 0.240 e. The minimum Gasteiger partial charge on any atom is -0.371 e. The minimum atomic E-state index is 0.106. The summed E-state index contributed by atoms with van der Waals surface area (Å²) in [5.41, 5.74) is 0. The molecule has 1 aliphatic carbocycles. The minimum absolute atomic E-state index is 0.106. The molecule has 1 N–H and O–H groups in total. The fourth-order valence-corrected chi connectivity index (χ4v) is 4.45. The standard InChI is InChI=1S/C14H22N2O2/c17-14(13-12-3-1-2-9(12)6-15-13)16-7-10-4-5-11(8-16)18-10/h9-13,15H,1-8H2. The molecule has 4 nitrogen and oxygen atoms in total. The number of hydrogen-bond donors (Lipinski definition) is 1. The molecule has 5 unspecified atom stereocenters. The van der Waals surface area contributed by atoms with Crippen molar-refractivity contribution >= 4 is 5.91 Å². The molecule has 5 atom stereocenters. The first-order valence-corrected chi connectivity index (χ1v) is 7.49. The Labute approximate surface area is 108 Å². The highest BCUT2D eigenvalue weighted by Crippen LogP contribution is 2.38. The Morgan fingerprint density at radius 2 is 1.89 bits per heavy atom. The number of hydrogen-bond acceptors (Lipinski definition) is 3. The number of likely N-dealkylation sites (tertiary alicyclic amines) is 1. The highest BCUT2D eigenvalue weighted by molar-refractivity contribution is 5.83. The van der Waals surface area contributed by atoms with E-state index in [0.29, 0.717) is 24.0 Å². The summed E-state index contributed by atoms with van der Waals surface area (Å²) in [6.45, 7) is 2.70. The maximum atomic E-state index is 12.7. The van der Waals surface area contributed by atoms with Crippen LogP contribution in [0.2, 0.25) is 0 Å². The number of amides is 1. The van der Waals surface area contributed by atoms with Crippen LogP contribution >= 0.6 is 0 Å². The van der Waals surface area contributed by atoms with Gasteiger partial charge >= 0.3 is 0 Å². The molecule has 3 aliphatic heterocycles. The lowest BCUT2D eigenvalue weighted by atomic mass is 9.93. The molecule has 4 heteroatoms. The quantitative estimate of drug-likeness (QED) is 0.747. The molecule has 0 aromatic rings. The molecule has 4 aliphatic rings. The van der Waals surface area contributed by atoms with Crippen LogP contribution in [0.15, 0.2) is 0 Å². The average molecular weight is 250 g/mol. The van der Waals surface area contributed by atoms with Crippen LogP contribution in [0, 0.1) is 11.8 Å². The molecule has 4 rings (SSSR count). The van der Waals surface area contributed by atoms with Gasteiger partial charge in [0.25, 0.3) is 0 Å². The maximum Gasteiger partial charge on any atom is 0.240 e. The van der Waals surface area contributed by atoms with Crippen LogP contribution in [-0.2, 0) is 9.53 Å². The Bertz CT molecular complexity index is 348. The van der Waals surface area contributed by atoms with Crippen molar-refractivity contribution in [1.29, 1.82) is 0 Å². The average Bonchev–Trinajstić information content (AvgIpc) is 3.04. The van der Waals surface area contributed by atoms with Crippen molar-refractivity contribution in [3.05, 3.63) is 0 Å². The van der Waals surface area contributed by atoms with Gasteiger partial charge in [-0.05, 0) is 44.1 Å². The van der Waals surface area contributed by atoms with E-state index in [2.05, 4.69) is 10.2 Å². The van der Waals surface area contributed by atoms with E-state index in [1.807, 2.05) is 0 Å². The Kier molecular flexibility index (Phi) is 2.62. The monoisotopic (exact) mass is 250 g/mol. The van der Waals surface area contributed by atoms with E-state index in [1.165, 1.54) is 19.3 Å². The SMILES string of the molecule is O=C(C1NCC2CCCC21)N1CC2CCC(C1)O2. The predicted molar refractivity (Wildman–Crippen MR) is 67.1 cm³/mol. The zero-order chi connectivity index (χ0) is 12.1. The van der Waals surface area contributed by atoms with Crippen LogP contribution in [0.3, 0.4) is 0 Å². The molecular formula is C14H22N2O2. The summed E-state index contributed by atoms with van der Waals surface area (Å²) in [7, 11) is 0. The normalized spacial score (nSPS) is 46.4. The van der Waals surface area contributed by atoms with Gasteiger partial charge in [-0.1, -0.05) is 6.42 Å². The second-order valence-corrected chi connectivity index (χ2v) is 6.44. The summed E-state index contributed by atoms with van der Waals surface area (Å²) < 4.78 is 5.81. The van der Waals surface area contributed by atoms with E-state index >= 15 is 0 Å². The second-order valence-electron chi connectivity index (χ2n) is 6.44. The predicted octanol–water partition coefficient (Wildman–Crippen LogP) is 0.764. The molecular weight excluding hydrogens is 228 g/mol. The van der Waals surface area contributed by atoms with Gasteiger partial charge in [0, 0.05) is 13.1 Å². The maximum absolute atomic E-state index is 12.7. The van der Waals surface area contributed by atoms with E-state index < -0.39 is 0 Å². The zero-order valence-electron chi connectivity index (χ0n) is 10.8. The van der Waals surface area contributed by atoms with Gasteiger partial charge in [-0.15, -0.1) is 0 Å². The fraction of sp³-hybridized carbons (Fsp3) is 0.929. The van der Waals surface area contributed by atoms with Crippen LogP contribution in [0.4, 0.5) is 0 Å². The van der Waals surface area contributed by atoms with Gasteiger partial charge in [-0.2, -0.15) is 0 Å². The zero-order valence-corrected chi connectivity index (χ0v) is 10.8. The van der Waals surface area contributed by atoms with Gasteiger partial charge < -0.3 is 15.0 Å². The summed E-state index contributed by atoms with van der Waals surface area (Å²) in [6.07, 6.45) is 6.77. The molecule has 0 spiro atoms. The lowest BCUT2D eigenvalue weighted by molar-refractivity contribution is -0.142. The molecule has 0 aromatic carbocycles. The largest absolute Gasteiger partial charge is 0.371 e. The topological polar surface area (TPSA) is 41.6 Å². The van der Waals surface area contributed by atoms with Crippen molar-refractivity contribution in [2.75, 3.05) is 19.6 Å². The van der Waals surface area contributed by atoms with Crippen molar-refractivity contribution < 1.29 is 9.53 Å². The van der Waals surface area contributed by atoms with Crippen molar-refractivity contribution in [2.45, 2.75) is 50.4 Å². The molecule has 1 saturated carbocycles. The van der Waals surface area contributed by atoms with E-state index in [9.17, 15) is 4.79 Å². The van der Waals surface area contributed by atoms with E-state index in [4.69, 9.17) is 4.74 Å². The Hall–Kier alpha value is -0.610. The van der Waals surface area contributed by atoms with Gasteiger partial charge in [0.1, 0.15) is 0 Å². The summed E-state index contributed by atoms with van der Waals surface area (Å²) in [5.74, 6) is 1.72. The first-order valence-electron chi connectivity index (χ1n) is 7.49. The van der Waals surface area contributed by atoms with Crippen LogP contribution < -0.4 is 5.32 Å². The van der Waals surface area contributed by atoms with Gasteiger partial charge in [-0.3, -0.25) is 4.79 Å². The van der Waals surface area contributed by atoms with Crippen LogP contribution in [0.5, 0.6) is 0 Å². The first kappa shape index (κ1) is 11.2. The molecule has 2 bridgehead atoms. The number of ether oxygens (including phenoxy) is 1. The fourth-order valence-electron chi connectivity index (χ4n) is 4.45. The lowest BCUT2D eigenvalue weighted by Gasteiger charge is -2.34.